The molecule has 1 aromatic rings. The monoisotopic (exact) mass is 292 g/mol. The summed E-state index contributed by atoms with van der Waals surface area (Å²) in [6.45, 7) is 6.38. The van der Waals surface area contributed by atoms with E-state index in [-0.39, 0.29) is 11.7 Å². The van der Waals surface area contributed by atoms with Crippen LogP contribution in [0.3, 0.4) is 0 Å². The fraction of sp³-hybridized carbons (Fsp3) is 0.632. The lowest BCUT2D eigenvalue weighted by Crippen LogP contribution is -2.17. The minimum absolute atomic E-state index is 0.170. The predicted octanol–water partition coefficient (Wildman–Crippen LogP) is 5.57. The molecule has 0 saturated carbocycles. The fourth-order valence-electron chi connectivity index (χ4n) is 2.67. The molecule has 0 heterocycles. The maximum absolute atomic E-state index is 12.9. The van der Waals surface area contributed by atoms with E-state index in [9.17, 15) is 9.18 Å². The summed E-state index contributed by atoms with van der Waals surface area (Å²) in [6.07, 6.45) is 6.95. The molecule has 0 amide bonds. The van der Waals surface area contributed by atoms with Crippen molar-refractivity contribution < 1.29 is 9.18 Å². The van der Waals surface area contributed by atoms with Crippen molar-refractivity contribution >= 4 is 5.78 Å². The van der Waals surface area contributed by atoms with E-state index in [0.29, 0.717) is 18.1 Å². The minimum atomic E-state index is -0.200. The molecule has 1 atom stereocenters. The van der Waals surface area contributed by atoms with Crippen molar-refractivity contribution in [3.8, 4) is 0 Å². The highest BCUT2D eigenvalue weighted by molar-refractivity contribution is 5.81. The molecule has 0 aliphatic rings. The van der Waals surface area contributed by atoms with E-state index in [1.807, 2.05) is 12.1 Å². The number of hydrogen-bond acceptors (Lipinski definition) is 1. The Bertz CT molecular complexity index is 408. The third-order valence-electron chi connectivity index (χ3n) is 3.92. The van der Waals surface area contributed by atoms with Crippen molar-refractivity contribution in [2.24, 2.45) is 11.8 Å². The first-order valence-electron chi connectivity index (χ1n) is 8.30. The van der Waals surface area contributed by atoms with Crippen LogP contribution in [0.4, 0.5) is 4.39 Å². The summed E-state index contributed by atoms with van der Waals surface area (Å²) in [4.78, 5) is 12.4. The van der Waals surface area contributed by atoms with Gasteiger partial charge in [0.05, 0.1) is 0 Å². The van der Waals surface area contributed by atoms with Crippen molar-refractivity contribution in [3.05, 3.63) is 35.6 Å². The molecule has 118 valence electrons. The summed E-state index contributed by atoms with van der Waals surface area (Å²) in [5.74, 6) is 0.804. The Morgan fingerprint density at radius 3 is 2.33 bits per heavy atom. The molecule has 0 fully saturated rings. The highest BCUT2D eigenvalue weighted by atomic mass is 19.1. The van der Waals surface area contributed by atoms with Gasteiger partial charge in [0.1, 0.15) is 11.6 Å². The lowest BCUT2D eigenvalue weighted by molar-refractivity contribution is -0.124. The van der Waals surface area contributed by atoms with E-state index < -0.39 is 0 Å². The number of unbranched alkanes of at least 4 members (excludes halogenated alkanes) is 2. The lowest BCUT2D eigenvalue weighted by atomic mass is 9.87. The van der Waals surface area contributed by atoms with Gasteiger partial charge in [0.25, 0.3) is 0 Å². The minimum Gasteiger partial charge on any atom is -0.299 e. The SMILES string of the molecule is CCCCCC(CCc1ccc(F)cc1)C(=O)CC(C)C. The number of benzene rings is 1. The van der Waals surface area contributed by atoms with E-state index in [2.05, 4.69) is 20.8 Å². The number of aryl methyl sites for hydroxylation is 1. The molecule has 1 aromatic carbocycles. The molecule has 0 saturated heterocycles. The third kappa shape index (κ3) is 7.40. The number of halogens is 1. The van der Waals surface area contributed by atoms with Gasteiger partial charge < -0.3 is 0 Å². The van der Waals surface area contributed by atoms with Gasteiger partial charge in [-0.25, -0.2) is 4.39 Å². The average molecular weight is 292 g/mol. The molecule has 21 heavy (non-hydrogen) atoms. The molecule has 1 unspecified atom stereocenters. The van der Waals surface area contributed by atoms with Crippen molar-refractivity contribution in [2.45, 2.75) is 65.7 Å². The molecule has 0 spiro atoms. The molecule has 0 aliphatic heterocycles. The van der Waals surface area contributed by atoms with Gasteiger partial charge in [0, 0.05) is 12.3 Å². The number of hydrogen-bond donors (Lipinski definition) is 0. The van der Waals surface area contributed by atoms with Gasteiger partial charge in [-0.3, -0.25) is 4.79 Å². The Labute approximate surface area is 129 Å². The summed E-state index contributed by atoms with van der Waals surface area (Å²) in [5, 5.41) is 0. The van der Waals surface area contributed by atoms with Crippen LogP contribution >= 0.6 is 0 Å². The Morgan fingerprint density at radius 2 is 1.76 bits per heavy atom. The normalized spacial score (nSPS) is 12.6. The summed E-state index contributed by atoms with van der Waals surface area (Å²) in [5.41, 5.74) is 1.12. The average Bonchev–Trinajstić information content (AvgIpc) is 2.43. The quantitative estimate of drug-likeness (QED) is 0.515. The Hall–Kier alpha value is -1.18. The second kappa shape index (κ2) is 9.70. The fourth-order valence-corrected chi connectivity index (χ4v) is 2.67. The largest absolute Gasteiger partial charge is 0.299 e. The van der Waals surface area contributed by atoms with Crippen LogP contribution in [-0.2, 0) is 11.2 Å². The summed E-state index contributed by atoms with van der Waals surface area (Å²) in [7, 11) is 0. The maximum atomic E-state index is 12.9. The van der Waals surface area contributed by atoms with Gasteiger partial charge >= 0.3 is 0 Å². The molecule has 0 aromatic heterocycles. The van der Waals surface area contributed by atoms with Crippen LogP contribution in [-0.4, -0.2) is 5.78 Å². The van der Waals surface area contributed by atoms with E-state index in [1.54, 1.807) is 0 Å². The van der Waals surface area contributed by atoms with Crippen molar-refractivity contribution in [3.63, 3.8) is 0 Å². The van der Waals surface area contributed by atoms with Gasteiger partial charge in [-0.05, 0) is 42.9 Å². The zero-order valence-electron chi connectivity index (χ0n) is 13.7. The van der Waals surface area contributed by atoms with Crippen LogP contribution in [0, 0.1) is 17.7 Å². The van der Waals surface area contributed by atoms with Gasteiger partial charge in [-0.1, -0.05) is 52.2 Å². The van der Waals surface area contributed by atoms with Gasteiger partial charge in [0.15, 0.2) is 0 Å². The van der Waals surface area contributed by atoms with Crippen LogP contribution in [0.15, 0.2) is 24.3 Å². The topological polar surface area (TPSA) is 17.1 Å². The molecule has 1 rings (SSSR count). The molecule has 1 nitrogen and oxygen atoms in total. The van der Waals surface area contributed by atoms with E-state index in [1.165, 1.54) is 25.0 Å². The van der Waals surface area contributed by atoms with Gasteiger partial charge in [-0.2, -0.15) is 0 Å². The molecule has 2 heteroatoms. The number of rotatable bonds is 10. The van der Waals surface area contributed by atoms with Crippen LogP contribution < -0.4 is 0 Å². The maximum Gasteiger partial charge on any atom is 0.136 e. The Morgan fingerprint density at radius 1 is 1.10 bits per heavy atom. The van der Waals surface area contributed by atoms with Crippen molar-refractivity contribution in [1.82, 2.24) is 0 Å². The lowest BCUT2D eigenvalue weighted by Gasteiger charge is -2.17. The molecular weight excluding hydrogens is 263 g/mol. The summed E-state index contributed by atoms with van der Waals surface area (Å²) in [6, 6.07) is 6.64. The molecule has 0 bridgehead atoms. The second-order valence-corrected chi connectivity index (χ2v) is 6.42. The smallest absolute Gasteiger partial charge is 0.136 e. The zero-order valence-corrected chi connectivity index (χ0v) is 13.7. The van der Waals surface area contributed by atoms with E-state index >= 15 is 0 Å². The number of Topliss-reactive ketones (excluding diaryl/α,β-unsaturated/α-hetero) is 1. The number of ketones is 1. The number of carbonyl (C=O) groups is 1. The highest BCUT2D eigenvalue weighted by Gasteiger charge is 2.18. The van der Waals surface area contributed by atoms with Crippen LogP contribution in [0.5, 0.6) is 0 Å². The van der Waals surface area contributed by atoms with Gasteiger partial charge in [0.2, 0.25) is 0 Å². The Balaban J connectivity index is 2.54. The zero-order chi connectivity index (χ0) is 15.7. The predicted molar refractivity (Wildman–Crippen MR) is 86.8 cm³/mol. The first-order valence-corrected chi connectivity index (χ1v) is 8.30. The second-order valence-electron chi connectivity index (χ2n) is 6.42. The molecular formula is C19H29FO. The van der Waals surface area contributed by atoms with Crippen molar-refractivity contribution in [1.29, 1.82) is 0 Å². The first kappa shape index (κ1) is 17.9. The number of carbonyl (C=O) groups excluding carboxylic acids is 1. The van der Waals surface area contributed by atoms with E-state index in [4.69, 9.17) is 0 Å². The van der Waals surface area contributed by atoms with Crippen LogP contribution in [0.1, 0.15) is 64.9 Å². The van der Waals surface area contributed by atoms with Gasteiger partial charge in [-0.15, -0.1) is 0 Å². The van der Waals surface area contributed by atoms with E-state index in [0.717, 1.165) is 31.2 Å². The standard InChI is InChI=1S/C19H29FO/c1-4-5-6-7-17(19(21)14-15(2)3)11-8-16-9-12-18(20)13-10-16/h9-10,12-13,15,17H,4-8,11,14H2,1-3H3. The van der Waals surface area contributed by atoms with Crippen molar-refractivity contribution in [2.75, 3.05) is 0 Å². The third-order valence-corrected chi connectivity index (χ3v) is 3.92. The molecule has 0 radical (unpaired) electrons. The van der Waals surface area contributed by atoms with Crippen LogP contribution in [0.2, 0.25) is 0 Å². The first-order chi connectivity index (χ1) is 10.0. The summed E-state index contributed by atoms with van der Waals surface area (Å²) < 4.78 is 12.9. The Kier molecular flexibility index (Phi) is 8.26. The summed E-state index contributed by atoms with van der Waals surface area (Å²) >= 11 is 0. The molecule has 0 N–H and O–H groups in total. The van der Waals surface area contributed by atoms with Crippen LogP contribution in [0.25, 0.3) is 0 Å². The molecule has 0 aliphatic carbocycles. The highest BCUT2D eigenvalue weighted by Crippen LogP contribution is 2.21.